The molecule has 0 aliphatic carbocycles. The van der Waals surface area contributed by atoms with Gasteiger partial charge in [0.1, 0.15) is 12.1 Å². The SMILES string of the molecule is CC(C)(C)OC(=O)NCC(=O)NC1CCN(S(=O)(=O)c2cccc3cncc(Cl)c23)C1. The third kappa shape index (κ3) is 5.63. The zero-order valence-electron chi connectivity index (χ0n) is 17.5. The molecular formula is C20H25ClN4O5S. The summed E-state index contributed by atoms with van der Waals surface area (Å²) >= 11 is 6.23. The molecule has 31 heavy (non-hydrogen) atoms. The van der Waals surface area contributed by atoms with E-state index in [1.165, 1.54) is 16.6 Å². The van der Waals surface area contributed by atoms with Crippen LogP contribution in [0.3, 0.4) is 0 Å². The van der Waals surface area contributed by atoms with Gasteiger partial charge in [0.2, 0.25) is 15.9 Å². The molecule has 1 aliphatic rings. The third-order valence-electron chi connectivity index (χ3n) is 4.62. The zero-order valence-corrected chi connectivity index (χ0v) is 19.1. The Bertz CT molecular complexity index is 1100. The molecule has 0 spiro atoms. The lowest BCUT2D eigenvalue weighted by Crippen LogP contribution is -2.44. The van der Waals surface area contributed by atoms with Crippen LogP contribution in [0.25, 0.3) is 10.8 Å². The normalized spacial score (nSPS) is 17.5. The highest BCUT2D eigenvalue weighted by molar-refractivity contribution is 7.89. The third-order valence-corrected chi connectivity index (χ3v) is 6.82. The van der Waals surface area contributed by atoms with Gasteiger partial charge in [-0.1, -0.05) is 23.7 Å². The Morgan fingerprint density at radius 2 is 2.03 bits per heavy atom. The Kier molecular flexibility index (Phi) is 6.73. The quantitative estimate of drug-likeness (QED) is 0.695. The topological polar surface area (TPSA) is 118 Å². The molecule has 2 aromatic rings. The summed E-state index contributed by atoms with van der Waals surface area (Å²) in [6, 6.07) is 4.54. The number of nitrogens with one attached hydrogen (secondary N) is 2. The lowest BCUT2D eigenvalue weighted by atomic mass is 10.2. The number of hydrogen-bond donors (Lipinski definition) is 2. The summed E-state index contributed by atoms with van der Waals surface area (Å²) < 4.78 is 32.9. The minimum atomic E-state index is -3.82. The van der Waals surface area contributed by atoms with E-state index in [0.717, 1.165) is 0 Å². The molecule has 1 unspecified atom stereocenters. The number of carbonyl (C=O) groups excluding carboxylic acids is 2. The molecule has 1 saturated heterocycles. The number of pyridine rings is 1. The number of hydrogen-bond acceptors (Lipinski definition) is 6. The van der Waals surface area contributed by atoms with Crippen LogP contribution >= 0.6 is 11.6 Å². The van der Waals surface area contributed by atoms with Crippen molar-refractivity contribution in [3.8, 4) is 0 Å². The van der Waals surface area contributed by atoms with Crippen LogP contribution in [-0.2, 0) is 19.6 Å². The van der Waals surface area contributed by atoms with Gasteiger partial charge in [0, 0.05) is 42.3 Å². The predicted molar refractivity (Wildman–Crippen MR) is 116 cm³/mol. The van der Waals surface area contributed by atoms with Crippen molar-refractivity contribution < 1.29 is 22.7 Å². The van der Waals surface area contributed by atoms with Crippen LogP contribution in [0.4, 0.5) is 4.79 Å². The molecule has 2 heterocycles. The number of benzene rings is 1. The maximum atomic E-state index is 13.2. The summed E-state index contributed by atoms with van der Waals surface area (Å²) in [5.74, 6) is -0.422. The molecular weight excluding hydrogens is 444 g/mol. The summed E-state index contributed by atoms with van der Waals surface area (Å²) in [6.45, 7) is 5.29. The maximum absolute atomic E-state index is 13.2. The van der Waals surface area contributed by atoms with Gasteiger partial charge in [-0.15, -0.1) is 0 Å². The fraction of sp³-hybridized carbons (Fsp3) is 0.450. The summed E-state index contributed by atoms with van der Waals surface area (Å²) in [4.78, 5) is 27.9. The molecule has 9 nitrogen and oxygen atoms in total. The van der Waals surface area contributed by atoms with Crippen molar-refractivity contribution in [2.75, 3.05) is 19.6 Å². The molecule has 11 heteroatoms. The van der Waals surface area contributed by atoms with Gasteiger partial charge >= 0.3 is 6.09 Å². The second-order valence-electron chi connectivity index (χ2n) is 8.25. The number of amides is 2. The van der Waals surface area contributed by atoms with Crippen molar-refractivity contribution in [2.24, 2.45) is 0 Å². The number of ether oxygens (including phenoxy) is 1. The molecule has 0 bridgehead atoms. The van der Waals surface area contributed by atoms with Gasteiger partial charge in [0.25, 0.3) is 0 Å². The number of halogens is 1. The Hall–Kier alpha value is -2.43. The van der Waals surface area contributed by atoms with Gasteiger partial charge in [0.05, 0.1) is 9.92 Å². The number of nitrogens with zero attached hydrogens (tertiary/aromatic N) is 2. The first-order valence-electron chi connectivity index (χ1n) is 9.76. The minimum Gasteiger partial charge on any atom is -0.444 e. The first-order chi connectivity index (χ1) is 14.5. The van der Waals surface area contributed by atoms with Crippen molar-refractivity contribution >= 4 is 44.4 Å². The summed E-state index contributed by atoms with van der Waals surface area (Å²) in [5.41, 5.74) is -0.665. The number of rotatable bonds is 5. The minimum absolute atomic E-state index is 0.107. The van der Waals surface area contributed by atoms with Crippen LogP contribution in [-0.4, -0.2) is 61.0 Å². The van der Waals surface area contributed by atoms with E-state index >= 15 is 0 Å². The molecule has 1 aromatic heterocycles. The number of carbonyl (C=O) groups is 2. The van der Waals surface area contributed by atoms with Crippen LogP contribution < -0.4 is 10.6 Å². The molecule has 2 N–H and O–H groups in total. The standard InChI is InChI=1S/C20H25ClN4O5S/c1-20(2,3)30-19(27)23-11-17(26)24-14-7-8-25(12-14)31(28,29)16-6-4-5-13-9-22-10-15(21)18(13)16/h4-6,9-10,14H,7-8,11-12H2,1-3H3,(H,23,27)(H,24,26). The average molecular weight is 469 g/mol. The predicted octanol–water partition coefficient (Wildman–Crippen LogP) is 2.29. The van der Waals surface area contributed by atoms with E-state index in [-0.39, 0.29) is 35.6 Å². The molecule has 0 saturated carbocycles. The molecule has 2 amide bonds. The van der Waals surface area contributed by atoms with Gasteiger partial charge in [-0.3, -0.25) is 9.78 Å². The van der Waals surface area contributed by atoms with Crippen molar-refractivity contribution in [1.29, 1.82) is 0 Å². The smallest absolute Gasteiger partial charge is 0.408 e. The number of aromatic nitrogens is 1. The monoisotopic (exact) mass is 468 g/mol. The van der Waals surface area contributed by atoms with E-state index in [1.54, 1.807) is 39.1 Å². The highest BCUT2D eigenvalue weighted by atomic mass is 35.5. The van der Waals surface area contributed by atoms with Crippen molar-refractivity contribution in [3.05, 3.63) is 35.6 Å². The van der Waals surface area contributed by atoms with Crippen LogP contribution in [0.5, 0.6) is 0 Å². The van der Waals surface area contributed by atoms with Crippen LogP contribution in [0, 0.1) is 0 Å². The molecule has 0 radical (unpaired) electrons. The van der Waals surface area contributed by atoms with Crippen LogP contribution in [0.15, 0.2) is 35.5 Å². The molecule has 1 aromatic carbocycles. The Morgan fingerprint density at radius 3 is 2.74 bits per heavy atom. The average Bonchev–Trinajstić information content (AvgIpc) is 3.14. The first kappa shape index (κ1) is 23.2. The number of fused-ring (bicyclic) bond motifs is 1. The fourth-order valence-corrected chi connectivity index (χ4v) is 5.38. The van der Waals surface area contributed by atoms with Crippen molar-refractivity contribution in [1.82, 2.24) is 19.9 Å². The Balaban J connectivity index is 1.63. The largest absolute Gasteiger partial charge is 0.444 e. The lowest BCUT2D eigenvalue weighted by Gasteiger charge is -2.20. The lowest BCUT2D eigenvalue weighted by molar-refractivity contribution is -0.120. The summed E-state index contributed by atoms with van der Waals surface area (Å²) in [7, 11) is -3.82. The zero-order chi connectivity index (χ0) is 22.8. The molecule has 3 rings (SSSR count). The maximum Gasteiger partial charge on any atom is 0.408 e. The van der Waals surface area contributed by atoms with E-state index in [9.17, 15) is 18.0 Å². The highest BCUT2D eigenvalue weighted by Crippen LogP contribution is 2.32. The van der Waals surface area contributed by atoms with E-state index in [0.29, 0.717) is 17.2 Å². The molecule has 168 valence electrons. The van der Waals surface area contributed by atoms with Crippen LogP contribution in [0.1, 0.15) is 27.2 Å². The molecule has 1 aliphatic heterocycles. The van der Waals surface area contributed by atoms with E-state index in [4.69, 9.17) is 16.3 Å². The van der Waals surface area contributed by atoms with E-state index in [2.05, 4.69) is 15.6 Å². The second-order valence-corrected chi connectivity index (χ2v) is 10.6. The molecule has 1 atom stereocenters. The van der Waals surface area contributed by atoms with Gasteiger partial charge in [-0.05, 0) is 33.3 Å². The number of sulfonamides is 1. The fourth-order valence-electron chi connectivity index (χ4n) is 3.32. The van der Waals surface area contributed by atoms with Gasteiger partial charge in [-0.25, -0.2) is 13.2 Å². The molecule has 1 fully saturated rings. The Labute approximate surface area is 186 Å². The van der Waals surface area contributed by atoms with Gasteiger partial charge in [0.15, 0.2) is 0 Å². The Morgan fingerprint density at radius 1 is 1.29 bits per heavy atom. The second kappa shape index (κ2) is 8.97. The van der Waals surface area contributed by atoms with E-state index in [1.807, 2.05) is 0 Å². The first-order valence-corrected chi connectivity index (χ1v) is 11.6. The van der Waals surface area contributed by atoms with Gasteiger partial charge in [-0.2, -0.15) is 4.31 Å². The van der Waals surface area contributed by atoms with E-state index < -0.39 is 27.6 Å². The highest BCUT2D eigenvalue weighted by Gasteiger charge is 2.34. The summed E-state index contributed by atoms with van der Waals surface area (Å²) in [6.07, 6.45) is 2.73. The number of alkyl carbamates (subject to hydrolysis) is 1. The van der Waals surface area contributed by atoms with Crippen molar-refractivity contribution in [2.45, 2.75) is 43.7 Å². The van der Waals surface area contributed by atoms with Crippen molar-refractivity contribution in [3.63, 3.8) is 0 Å². The van der Waals surface area contributed by atoms with Crippen LogP contribution in [0.2, 0.25) is 5.02 Å². The summed E-state index contributed by atoms with van der Waals surface area (Å²) in [5, 5.41) is 6.44. The van der Waals surface area contributed by atoms with Gasteiger partial charge < -0.3 is 15.4 Å².